The van der Waals surface area contributed by atoms with Gasteiger partial charge in [-0.25, -0.2) is 4.98 Å². The molecule has 7 heteroatoms. The second kappa shape index (κ2) is 8.30. The van der Waals surface area contributed by atoms with Gasteiger partial charge >= 0.3 is 0 Å². The Morgan fingerprint density at radius 3 is 2.92 bits per heavy atom. The molecule has 1 saturated heterocycles. The zero-order chi connectivity index (χ0) is 16.8. The lowest BCUT2D eigenvalue weighted by Crippen LogP contribution is -2.42. The van der Waals surface area contributed by atoms with Crippen LogP contribution < -0.4 is 16.2 Å². The molecule has 1 aromatic carbocycles. The minimum absolute atomic E-state index is 0.106. The Bertz CT molecular complexity index is 756. The summed E-state index contributed by atoms with van der Waals surface area (Å²) in [4.78, 5) is 31.2. The summed E-state index contributed by atoms with van der Waals surface area (Å²) in [6.45, 7) is 1.95. The van der Waals surface area contributed by atoms with E-state index < -0.39 is 0 Å². The van der Waals surface area contributed by atoms with E-state index in [-0.39, 0.29) is 11.5 Å². The van der Waals surface area contributed by atoms with E-state index in [4.69, 9.17) is 0 Å². The Morgan fingerprint density at radius 2 is 2.08 bits per heavy atom. The fraction of sp³-hybridized carbons (Fsp3) is 0.471. The van der Waals surface area contributed by atoms with Crippen molar-refractivity contribution in [2.75, 3.05) is 18.8 Å². The third-order valence-corrected chi connectivity index (χ3v) is 5.05. The molecule has 1 amide bonds. The third-order valence-electron chi connectivity index (χ3n) is 4.08. The highest BCUT2D eigenvalue weighted by molar-refractivity contribution is 7.98. The highest BCUT2D eigenvalue weighted by atomic mass is 32.2. The number of fused-ring (bicyclic) bond motifs is 1. The van der Waals surface area contributed by atoms with Gasteiger partial charge in [-0.2, -0.15) is 11.8 Å². The summed E-state index contributed by atoms with van der Waals surface area (Å²) >= 11 is 1.61. The quantitative estimate of drug-likeness (QED) is 0.689. The highest BCUT2D eigenvalue weighted by Gasteiger charge is 2.14. The number of hydrogen-bond donors (Lipinski definition) is 3. The van der Waals surface area contributed by atoms with Crippen molar-refractivity contribution in [2.24, 2.45) is 0 Å². The van der Waals surface area contributed by atoms with Crippen LogP contribution in [-0.4, -0.2) is 40.8 Å². The number of carbonyl (C=O) groups excluding carboxylic acids is 1. The van der Waals surface area contributed by atoms with E-state index in [0.717, 1.165) is 25.9 Å². The lowest BCUT2D eigenvalue weighted by atomic mass is 10.1. The minimum Gasteiger partial charge on any atom is -0.353 e. The van der Waals surface area contributed by atoms with Crippen LogP contribution in [0.5, 0.6) is 0 Å². The molecule has 1 aliphatic heterocycles. The van der Waals surface area contributed by atoms with Crippen molar-refractivity contribution in [3.8, 4) is 0 Å². The smallest absolute Gasteiger partial charge is 0.258 e. The maximum Gasteiger partial charge on any atom is 0.258 e. The lowest BCUT2D eigenvalue weighted by Gasteiger charge is -2.23. The molecule has 0 radical (unpaired) electrons. The summed E-state index contributed by atoms with van der Waals surface area (Å²) in [5.74, 6) is 2.07. The molecule has 2 heterocycles. The standard InChI is InChI=1S/C17H22N4O2S/c22-16(19-12-5-8-18-9-6-12)7-10-24-11-15-20-14-4-2-1-3-13(14)17(23)21-15/h1-4,12,18H,5-11H2,(H,19,22)(H,20,21,23). The van der Waals surface area contributed by atoms with Gasteiger partial charge in [-0.15, -0.1) is 0 Å². The summed E-state index contributed by atoms with van der Waals surface area (Å²) in [6, 6.07) is 7.61. The van der Waals surface area contributed by atoms with E-state index in [0.29, 0.717) is 40.7 Å². The Balaban J connectivity index is 1.44. The Hall–Kier alpha value is -1.86. The molecule has 24 heavy (non-hydrogen) atoms. The number of para-hydroxylation sites is 1. The number of aromatic nitrogens is 2. The maximum atomic E-state index is 12.0. The number of H-pyrrole nitrogens is 1. The normalized spacial score (nSPS) is 15.5. The molecule has 0 bridgehead atoms. The number of amides is 1. The van der Waals surface area contributed by atoms with E-state index in [9.17, 15) is 9.59 Å². The first-order valence-corrected chi connectivity index (χ1v) is 9.43. The fourth-order valence-electron chi connectivity index (χ4n) is 2.80. The van der Waals surface area contributed by atoms with Gasteiger partial charge in [0.1, 0.15) is 5.82 Å². The summed E-state index contributed by atoms with van der Waals surface area (Å²) in [5.41, 5.74) is 0.598. The molecule has 2 aromatic rings. The van der Waals surface area contributed by atoms with Crippen LogP contribution in [0.4, 0.5) is 0 Å². The van der Waals surface area contributed by atoms with E-state index in [1.54, 1.807) is 17.8 Å². The van der Waals surface area contributed by atoms with Gasteiger partial charge in [0, 0.05) is 18.2 Å². The monoisotopic (exact) mass is 346 g/mol. The first kappa shape index (κ1) is 17.0. The number of nitrogens with zero attached hydrogens (tertiary/aromatic N) is 1. The average molecular weight is 346 g/mol. The van der Waals surface area contributed by atoms with Crippen molar-refractivity contribution in [3.63, 3.8) is 0 Å². The van der Waals surface area contributed by atoms with Crippen molar-refractivity contribution in [1.82, 2.24) is 20.6 Å². The topological polar surface area (TPSA) is 86.9 Å². The molecular formula is C17H22N4O2S. The number of nitrogens with one attached hydrogen (secondary N) is 3. The maximum absolute atomic E-state index is 12.0. The van der Waals surface area contributed by atoms with Crippen LogP contribution in [0, 0.1) is 0 Å². The molecule has 1 aromatic heterocycles. The number of piperidine rings is 1. The van der Waals surface area contributed by atoms with E-state index in [1.165, 1.54) is 0 Å². The predicted molar refractivity (Wildman–Crippen MR) is 97.2 cm³/mol. The molecule has 0 saturated carbocycles. The number of thioether (sulfide) groups is 1. The molecule has 128 valence electrons. The highest BCUT2D eigenvalue weighted by Crippen LogP contribution is 2.12. The van der Waals surface area contributed by atoms with Crippen molar-refractivity contribution in [3.05, 3.63) is 40.4 Å². The number of carbonyl (C=O) groups is 1. The van der Waals surface area contributed by atoms with Gasteiger partial charge in [-0.05, 0) is 38.1 Å². The van der Waals surface area contributed by atoms with Gasteiger partial charge in [0.15, 0.2) is 0 Å². The average Bonchev–Trinajstić information content (AvgIpc) is 2.60. The molecule has 0 aliphatic carbocycles. The number of rotatable bonds is 6. The zero-order valence-corrected chi connectivity index (χ0v) is 14.3. The van der Waals surface area contributed by atoms with Crippen LogP contribution >= 0.6 is 11.8 Å². The molecule has 6 nitrogen and oxygen atoms in total. The van der Waals surface area contributed by atoms with Crippen molar-refractivity contribution >= 4 is 28.6 Å². The van der Waals surface area contributed by atoms with Gasteiger partial charge in [0.2, 0.25) is 5.91 Å². The second-order valence-corrected chi connectivity index (χ2v) is 7.03. The van der Waals surface area contributed by atoms with Crippen LogP contribution in [0.3, 0.4) is 0 Å². The van der Waals surface area contributed by atoms with Gasteiger partial charge in [0.25, 0.3) is 5.56 Å². The second-order valence-electron chi connectivity index (χ2n) is 5.92. The van der Waals surface area contributed by atoms with Gasteiger partial charge in [0.05, 0.1) is 16.7 Å². The molecule has 3 rings (SSSR count). The SMILES string of the molecule is O=C(CCSCc1nc2ccccc2c(=O)[nH]1)NC1CCNCC1. The van der Waals surface area contributed by atoms with Crippen molar-refractivity contribution in [2.45, 2.75) is 31.1 Å². The van der Waals surface area contributed by atoms with E-state index >= 15 is 0 Å². The predicted octanol–water partition coefficient (Wildman–Crippen LogP) is 1.41. The summed E-state index contributed by atoms with van der Waals surface area (Å²) in [6.07, 6.45) is 2.49. The molecule has 0 unspecified atom stereocenters. The van der Waals surface area contributed by atoms with Crippen molar-refractivity contribution < 1.29 is 4.79 Å². The molecule has 3 N–H and O–H groups in total. The third kappa shape index (κ3) is 4.58. The van der Waals surface area contributed by atoms with Gasteiger partial charge in [-0.3, -0.25) is 9.59 Å². The molecule has 1 aliphatic rings. The van der Waals surface area contributed by atoms with Crippen LogP contribution in [-0.2, 0) is 10.5 Å². The minimum atomic E-state index is -0.111. The van der Waals surface area contributed by atoms with Gasteiger partial charge < -0.3 is 15.6 Å². The summed E-state index contributed by atoms with van der Waals surface area (Å²) < 4.78 is 0. The number of benzene rings is 1. The fourth-order valence-corrected chi connectivity index (χ4v) is 3.61. The Labute approximate surface area is 144 Å². The largest absolute Gasteiger partial charge is 0.353 e. The first-order chi connectivity index (χ1) is 11.7. The molecule has 1 fully saturated rings. The van der Waals surface area contributed by atoms with Crippen LogP contribution in [0.1, 0.15) is 25.1 Å². The van der Waals surface area contributed by atoms with Crippen LogP contribution in [0.2, 0.25) is 0 Å². The van der Waals surface area contributed by atoms with Gasteiger partial charge in [-0.1, -0.05) is 12.1 Å². The van der Waals surface area contributed by atoms with Crippen LogP contribution in [0.25, 0.3) is 10.9 Å². The lowest BCUT2D eigenvalue weighted by molar-refractivity contribution is -0.121. The molecule has 0 spiro atoms. The number of aromatic amines is 1. The van der Waals surface area contributed by atoms with Crippen LogP contribution in [0.15, 0.2) is 29.1 Å². The molecular weight excluding hydrogens is 324 g/mol. The Kier molecular flexibility index (Phi) is 5.87. The zero-order valence-electron chi connectivity index (χ0n) is 13.5. The van der Waals surface area contributed by atoms with Crippen molar-refractivity contribution in [1.29, 1.82) is 0 Å². The summed E-state index contributed by atoms with van der Waals surface area (Å²) in [5, 5.41) is 6.97. The van der Waals surface area contributed by atoms with E-state index in [1.807, 2.05) is 18.2 Å². The first-order valence-electron chi connectivity index (χ1n) is 8.28. The van der Waals surface area contributed by atoms with E-state index in [2.05, 4.69) is 20.6 Å². The molecule has 0 atom stereocenters. The Morgan fingerprint density at radius 1 is 1.29 bits per heavy atom. The summed E-state index contributed by atoms with van der Waals surface area (Å²) in [7, 11) is 0. The number of hydrogen-bond acceptors (Lipinski definition) is 5.